The molecule has 2 aromatic carbocycles. The fraction of sp³-hybridized carbons (Fsp3) is 0.400. The Kier molecular flexibility index (Phi) is 7.10. The summed E-state index contributed by atoms with van der Waals surface area (Å²) in [5.74, 6) is 0.655. The maximum Gasteiger partial charge on any atom is 0.234 e. The lowest BCUT2D eigenvalue weighted by molar-refractivity contribution is -0.120. The van der Waals surface area contributed by atoms with Crippen molar-refractivity contribution in [3.63, 3.8) is 0 Å². The van der Waals surface area contributed by atoms with E-state index in [2.05, 4.69) is 30.4 Å². The van der Waals surface area contributed by atoms with Crippen LogP contribution in [-0.2, 0) is 11.2 Å². The first-order valence-electron chi connectivity index (χ1n) is 8.53. The number of nitrogens with zero attached hydrogens (tertiary/aromatic N) is 1. The molecule has 0 unspecified atom stereocenters. The maximum absolute atomic E-state index is 11.5. The van der Waals surface area contributed by atoms with Crippen molar-refractivity contribution >= 4 is 16.7 Å². The highest BCUT2D eigenvalue weighted by molar-refractivity contribution is 5.88. The zero-order valence-corrected chi connectivity index (χ0v) is 14.2. The fourth-order valence-corrected chi connectivity index (χ4v) is 2.70. The number of hydrogen-bond acceptors (Lipinski definition) is 3. The van der Waals surface area contributed by atoms with Gasteiger partial charge >= 0.3 is 0 Å². The second-order valence-electron chi connectivity index (χ2n) is 5.75. The minimum Gasteiger partial charge on any atom is -0.493 e. The Hall–Kier alpha value is -2.54. The predicted molar refractivity (Wildman–Crippen MR) is 95.9 cm³/mol. The topological polar surface area (TPSA) is 62.1 Å². The second-order valence-corrected chi connectivity index (χ2v) is 5.75. The van der Waals surface area contributed by atoms with E-state index in [4.69, 9.17) is 10.00 Å². The van der Waals surface area contributed by atoms with Gasteiger partial charge in [0.15, 0.2) is 0 Å². The summed E-state index contributed by atoms with van der Waals surface area (Å²) >= 11 is 0. The molecule has 0 atom stereocenters. The Bertz CT molecular complexity index is 719. The van der Waals surface area contributed by atoms with E-state index in [1.165, 1.54) is 6.42 Å². The predicted octanol–water partition coefficient (Wildman–Crippen LogP) is 3.98. The van der Waals surface area contributed by atoms with Crippen LogP contribution in [0.15, 0.2) is 36.4 Å². The van der Waals surface area contributed by atoms with Gasteiger partial charge < -0.3 is 10.1 Å². The zero-order valence-electron chi connectivity index (χ0n) is 14.2. The van der Waals surface area contributed by atoms with Crippen LogP contribution in [0.5, 0.6) is 5.75 Å². The molecule has 126 valence electrons. The van der Waals surface area contributed by atoms with Crippen LogP contribution in [0.4, 0.5) is 0 Å². The number of ether oxygens (including phenoxy) is 1. The SMILES string of the molecule is CCCCCOc1ccc2ccccc2c1CCNC(=O)CC#N. The fourth-order valence-electron chi connectivity index (χ4n) is 2.70. The summed E-state index contributed by atoms with van der Waals surface area (Å²) < 4.78 is 5.99. The smallest absolute Gasteiger partial charge is 0.234 e. The van der Waals surface area contributed by atoms with Gasteiger partial charge in [0.05, 0.1) is 12.7 Å². The Morgan fingerprint density at radius 3 is 2.83 bits per heavy atom. The lowest BCUT2D eigenvalue weighted by atomic mass is 10.0. The van der Waals surface area contributed by atoms with Gasteiger partial charge in [-0.1, -0.05) is 50.1 Å². The van der Waals surface area contributed by atoms with Gasteiger partial charge in [0.1, 0.15) is 12.2 Å². The quantitative estimate of drug-likeness (QED) is 0.710. The minimum absolute atomic E-state index is 0.101. The van der Waals surface area contributed by atoms with E-state index in [0.717, 1.165) is 34.9 Å². The van der Waals surface area contributed by atoms with Gasteiger partial charge in [-0.2, -0.15) is 5.26 Å². The summed E-state index contributed by atoms with van der Waals surface area (Å²) in [7, 11) is 0. The highest BCUT2D eigenvalue weighted by atomic mass is 16.5. The van der Waals surface area contributed by atoms with E-state index in [-0.39, 0.29) is 12.3 Å². The van der Waals surface area contributed by atoms with Gasteiger partial charge in [0, 0.05) is 12.1 Å². The summed E-state index contributed by atoms with van der Waals surface area (Å²) in [6.45, 7) is 3.38. The van der Waals surface area contributed by atoms with Crippen LogP contribution in [0.1, 0.15) is 38.2 Å². The van der Waals surface area contributed by atoms with Gasteiger partial charge in [-0.15, -0.1) is 0 Å². The van der Waals surface area contributed by atoms with Crippen LogP contribution in [0, 0.1) is 11.3 Å². The molecule has 2 rings (SSSR count). The van der Waals surface area contributed by atoms with E-state index >= 15 is 0 Å². The highest BCUT2D eigenvalue weighted by Gasteiger charge is 2.09. The molecule has 2 aromatic rings. The lowest BCUT2D eigenvalue weighted by Gasteiger charge is -2.15. The molecule has 0 aliphatic carbocycles. The van der Waals surface area contributed by atoms with Crippen molar-refractivity contribution in [3.05, 3.63) is 42.0 Å². The standard InChI is InChI=1S/C20H24N2O2/c1-2-3-6-15-24-19-10-9-16-7-4-5-8-17(16)18(19)12-14-22-20(23)11-13-21/h4-5,7-10H,2-3,6,11-12,14-15H2,1H3,(H,22,23). The number of carbonyl (C=O) groups excluding carboxylic acids is 1. The van der Waals surface area contributed by atoms with Crippen LogP contribution in [0.25, 0.3) is 10.8 Å². The van der Waals surface area contributed by atoms with E-state index in [1.54, 1.807) is 0 Å². The minimum atomic E-state index is -0.233. The molecular formula is C20H24N2O2. The average Bonchev–Trinajstić information content (AvgIpc) is 2.60. The molecular weight excluding hydrogens is 300 g/mol. The molecule has 4 nitrogen and oxygen atoms in total. The number of amides is 1. The monoisotopic (exact) mass is 324 g/mol. The molecule has 1 amide bonds. The van der Waals surface area contributed by atoms with Crippen molar-refractivity contribution in [2.24, 2.45) is 0 Å². The highest BCUT2D eigenvalue weighted by Crippen LogP contribution is 2.28. The zero-order chi connectivity index (χ0) is 17.2. The van der Waals surface area contributed by atoms with Gasteiger partial charge in [-0.25, -0.2) is 0 Å². The van der Waals surface area contributed by atoms with Crippen LogP contribution in [0.3, 0.4) is 0 Å². The molecule has 0 aliphatic heterocycles. The number of nitriles is 1. The van der Waals surface area contributed by atoms with E-state index in [1.807, 2.05) is 24.3 Å². The number of rotatable bonds is 9. The van der Waals surface area contributed by atoms with Crippen molar-refractivity contribution < 1.29 is 9.53 Å². The van der Waals surface area contributed by atoms with Gasteiger partial charge in [-0.3, -0.25) is 4.79 Å². The molecule has 0 saturated heterocycles. The normalized spacial score (nSPS) is 10.3. The maximum atomic E-state index is 11.5. The molecule has 0 fully saturated rings. The van der Waals surface area contributed by atoms with Gasteiger partial charge in [0.2, 0.25) is 5.91 Å². The third-order valence-electron chi connectivity index (χ3n) is 3.94. The van der Waals surface area contributed by atoms with Crippen LogP contribution < -0.4 is 10.1 Å². The summed E-state index contributed by atoms with van der Waals surface area (Å²) in [5, 5.41) is 13.6. The summed E-state index contributed by atoms with van der Waals surface area (Å²) in [5.41, 5.74) is 1.11. The van der Waals surface area contributed by atoms with Crippen molar-refractivity contribution in [1.29, 1.82) is 5.26 Å². The van der Waals surface area contributed by atoms with E-state index in [9.17, 15) is 4.79 Å². The molecule has 0 radical (unpaired) electrons. The number of benzene rings is 2. The van der Waals surface area contributed by atoms with Gasteiger partial charge in [0.25, 0.3) is 0 Å². The molecule has 0 heterocycles. The molecule has 0 saturated carbocycles. The Balaban J connectivity index is 2.13. The number of fused-ring (bicyclic) bond motifs is 1. The first kappa shape index (κ1) is 17.8. The summed E-state index contributed by atoms with van der Waals surface area (Å²) in [6.07, 6.45) is 3.95. The molecule has 0 spiro atoms. The van der Waals surface area contributed by atoms with Crippen molar-refractivity contribution in [2.45, 2.75) is 39.0 Å². The molecule has 1 N–H and O–H groups in total. The van der Waals surface area contributed by atoms with Crippen LogP contribution in [-0.4, -0.2) is 19.1 Å². The Morgan fingerprint density at radius 2 is 2.04 bits per heavy atom. The van der Waals surface area contributed by atoms with E-state index in [0.29, 0.717) is 19.6 Å². The molecule has 24 heavy (non-hydrogen) atoms. The van der Waals surface area contributed by atoms with Crippen molar-refractivity contribution in [1.82, 2.24) is 5.32 Å². The Labute approximate surface area is 143 Å². The molecule has 0 aromatic heterocycles. The average molecular weight is 324 g/mol. The largest absolute Gasteiger partial charge is 0.493 e. The van der Waals surface area contributed by atoms with Gasteiger partial charge in [-0.05, 0) is 29.7 Å². The number of carbonyl (C=O) groups is 1. The first-order chi connectivity index (χ1) is 11.8. The number of unbranched alkanes of at least 4 members (excludes halogenated alkanes) is 2. The molecule has 0 bridgehead atoms. The number of nitrogens with one attached hydrogen (secondary N) is 1. The Morgan fingerprint density at radius 1 is 1.21 bits per heavy atom. The summed E-state index contributed by atoms with van der Waals surface area (Å²) in [4.78, 5) is 11.5. The summed E-state index contributed by atoms with van der Waals surface area (Å²) in [6, 6.07) is 14.1. The third kappa shape index (κ3) is 4.99. The van der Waals surface area contributed by atoms with Crippen LogP contribution in [0.2, 0.25) is 0 Å². The van der Waals surface area contributed by atoms with E-state index < -0.39 is 0 Å². The third-order valence-corrected chi connectivity index (χ3v) is 3.94. The van der Waals surface area contributed by atoms with Crippen molar-refractivity contribution in [3.8, 4) is 11.8 Å². The molecule has 4 heteroatoms. The molecule has 0 aliphatic rings. The van der Waals surface area contributed by atoms with Crippen LogP contribution >= 0.6 is 0 Å². The second kappa shape index (κ2) is 9.57. The van der Waals surface area contributed by atoms with Crippen molar-refractivity contribution in [2.75, 3.05) is 13.2 Å². The lowest BCUT2D eigenvalue weighted by Crippen LogP contribution is -2.25. The first-order valence-corrected chi connectivity index (χ1v) is 8.53. The number of hydrogen-bond donors (Lipinski definition) is 1.